The number of carbonyl (C=O) groups excluding carboxylic acids is 1. The van der Waals surface area contributed by atoms with Gasteiger partial charge in [0.25, 0.3) is 0 Å². The number of amides is 1. The lowest BCUT2D eigenvalue weighted by Crippen LogP contribution is -2.44. The molecule has 0 aromatic rings. The summed E-state index contributed by atoms with van der Waals surface area (Å²) in [6.45, 7) is 6.80. The molecule has 1 aliphatic carbocycles. The zero-order chi connectivity index (χ0) is 12.9. The molecule has 2 nitrogen and oxygen atoms in total. The largest absolute Gasteiger partial charge is 0.355 e. The van der Waals surface area contributed by atoms with Crippen LogP contribution >= 0.6 is 11.6 Å². The zero-order valence-electron chi connectivity index (χ0n) is 11.4. The van der Waals surface area contributed by atoms with Crippen molar-refractivity contribution in [2.24, 2.45) is 10.8 Å². The summed E-state index contributed by atoms with van der Waals surface area (Å²) in [5.41, 5.74) is -0.110. The van der Waals surface area contributed by atoms with Gasteiger partial charge in [0.1, 0.15) is 0 Å². The second-order valence-corrected chi connectivity index (χ2v) is 6.38. The predicted octanol–water partition coefficient (Wildman–Crippen LogP) is 3.73. The van der Waals surface area contributed by atoms with Gasteiger partial charge in [-0.25, -0.2) is 0 Å². The van der Waals surface area contributed by atoms with Gasteiger partial charge in [-0.2, -0.15) is 0 Å². The molecule has 0 spiro atoms. The molecular weight excluding hydrogens is 234 g/mol. The summed E-state index contributed by atoms with van der Waals surface area (Å²) in [5.74, 6) is 0.829. The highest BCUT2D eigenvalue weighted by atomic mass is 35.5. The fourth-order valence-electron chi connectivity index (χ4n) is 2.33. The van der Waals surface area contributed by atoms with Crippen molar-refractivity contribution in [2.45, 2.75) is 59.3 Å². The molecule has 17 heavy (non-hydrogen) atoms. The van der Waals surface area contributed by atoms with E-state index in [1.165, 1.54) is 19.3 Å². The minimum absolute atomic E-state index is 0.152. The molecule has 3 heteroatoms. The quantitative estimate of drug-likeness (QED) is 0.749. The average Bonchev–Trinajstić information content (AvgIpc) is 2.37. The Morgan fingerprint density at radius 3 is 2.35 bits per heavy atom. The van der Waals surface area contributed by atoms with E-state index in [4.69, 9.17) is 11.6 Å². The molecular formula is C14H26ClNO. The van der Waals surface area contributed by atoms with Crippen LogP contribution < -0.4 is 5.32 Å². The van der Waals surface area contributed by atoms with Crippen molar-refractivity contribution >= 4 is 17.5 Å². The highest BCUT2D eigenvalue weighted by Gasteiger charge is 2.33. The highest BCUT2D eigenvalue weighted by Crippen LogP contribution is 2.37. The first kappa shape index (κ1) is 14.8. The molecule has 1 fully saturated rings. The Kier molecular flexibility index (Phi) is 5.30. The van der Waals surface area contributed by atoms with E-state index in [-0.39, 0.29) is 16.7 Å². The van der Waals surface area contributed by atoms with Crippen LogP contribution in [-0.4, -0.2) is 18.3 Å². The molecule has 1 amide bonds. The Morgan fingerprint density at radius 2 is 1.88 bits per heavy atom. The summed E-state index contributed by atoms with van der Waals surface area (Å²) in [4.78, 5) is 12.0. The molecule has 0 unspecified atom stereocenters. The van der Waals surface area contributed by atoms with Crippen molar-refractivity contribution in [2.75, 3.05) is 12.4 Å². The molecule has 100 valence electrons. The second kappa shape index (κ2) is 6.08. The van der Waals surface area contributed by atoms with Crippen LogP contribution in [0.1, 0.15) is 59.3 Å². The normalized spacial score (nSPS) is 20.0. The minimum Gasteiger partial charge on any atom is -0.355 e. The van der Waals surface area contributed by atoms with Crippen LogP contribution in [-0.2, 0) is 4.79 Å². The molecule has 0 atom stereocenters. The van der Waals surface area contributed by atoms with Crippen LogP contribution in [0, 0.1) is 10.8 Å². The Balaban J connectivity index is 2.50. The fourth-order valence-corrected chi connectivity index (χ4v) is 2.69. The van der Waals surface area contributed by atoms with Gasteiger partial charge < -0.3 is 5.32 Å². The van der Waals surface area contributed by atoms with E-state index < -0.39 is 0 Å². The lowest BCUT2D eigenvalue weighted by atomic mass is 9.75. The van der Waals surface area contributed by atoms with Crippen molar-refractivity contribution < 1.29 is 4.79 Å². The smallest absolute Gasteiger partial charge is 0.225 e. The van der Waals surface area contributed by atoms with Crippen molar-refractivity contribution in [3.05, 3.63) is 0 Å². The van der Waals surface area contributed by atoms with Crippen molar-refractivity contribution in [1.82, 2.24) is 5.32 Å². The van der Waals surface area contributed by atoms with Gasteiger partial charge in [-0.15, -0.1) is 11.6 Å². The monoisotopic (exact) mass is 259 g/mol. The molecule has 1 rings (SSSR count). The Bertz CT molecular complexity index is 257. The topological polar surface area (TPSA) is 29.1 Å². The van der Waals surface area contributed by atoms with E-state index >= 15 is 0 Å². The second-order valence-electron chi connectivity index (χ2n) is 6.11. The predicted molar refractivity (Wildman–Crippen MR) is 73.3 cm³/mol. The van der Waals surface area contributed by atoms with Crippen molar-refractivity contribution in [3.8, 4) is 0 Å². The third-order valence-electron chi connectivity index (χ3n) is 4.32. The Hall–Kier alpha value is -0.240. The van der Waals surface area contributed by atoms with Crippen molar-refractivity contribution in [3.63, 3.8) is 0 Å². The van der Waals surface area contributed by atoms with Gasteiger partial charge in [0.05, 0.1) is 0 Å². The Morgan fingerprint density at radius 1 is 1.29 bits per heavy atom. The van der Waals surface area contributed by atoms with Crippen LogP contribution in [0.15, 0.2) is 0 Å². The summed E-state index contributed by atoms with van der Waals surface area (Å²) < 4.78 is 0. The van der Waals surface area contributed by atoms with Gasteiger partial charge in [0, 0.05) is 23.3 Å². The third-order valence-corrected chi connectivity index (χ3v) is 4.89. The molecule has 1 aliphatic rings. The lowest BCUT2D eigenvalue weighted by molar-refractivity contribution is -0.130. The number of rotatable bonds is 5. The molecule has 0 bridgehead atoms. The molecule has 0 aliphatic heterocycles. The van der Waals surface area contributed by atoms with Gasteiger partial charge in [-0.1, -0.05) is 40.0 Å². The van der Waals surface area contributed by atoms with Crippen LogP contribution in [0.5, 0.6) is 0 Å². The summed E-state index contributed by atoms with van der Waals surface area (Å²) >= 11 is 6.12. The molecule has 1 saturated carbocycles. The van der Waals surface area contributed by atoms with E-state index in [1.807, 2.05) is 13.8 Å². The number of alkyl halides is 1. The van der Waals surface area contributed by atoms with E-state index in [1.54, 1.807) is 0 Å². The lowest BCUT2D eigenvalue weighted by Gasteiger charge is -2.36. The van der Waals surface area contributed by atoms with E-state index in [2.05, 4.69) is 12.2 Å². The van der Waals surface area contributed by atoms with Crippen LogP contribution in [0.2, 0.25) is 0 Å². The van der Waals surface area contributed by atoms with Gasteiger partial charge in [0.2, 0.25) is 5.91 Å². The van der Waals surface area contributed by atoms with E-state index in [0.717, 1.165) is 25.8 Å². The van der Waals surface area contributed by atoms with Gasteiger partial charge >= 0.3 is 0 Å². The first-order valence-electron chi connectivity index (χ1n) is 6.80. The molecule has 0 aromatic carbocycles. The third kappa shape index (κ3) is 3.87. The minimum atomic E-state index is -0.262. The maximum Gasteiger partial charge on any atom is 0.225 e. The Labute approximate surface area is 110 Å². The number of nitrogens with one attached hydrogen (secondary N) is 1. The summed E-state index contributed by atoms with van der Waals surface area (Å²) in [6, 6.07) is 0. The first-order chi connectivity index (χ1) is 7.96. The van der Waals surface area contributed by atoms with Crippen molar-refractivity contribution in [1.29, 1.82) is 0 Å². The zero-order valence-corrected chi connectivity index (χ0v) is 12.2. The summed E-state index contributed by atoms with van der Waals surface area (Å²) in [7, 11) is 0. The molecule has 1 N–H and O–H groups in total. The molecule has 0 heterocycles. The number of carbonyl (C=O) groups is 1. The number of halogens is 1. The average molecular weight is 260 g/mol. The molecule has 0 aromatic heterocycles. The van der Waals surface area contributed by atoms with Crippen LogP contribution in [0.25, 0.3) is 0 Å². The maximum absolute atomic E-state index is 12.0. The van der Waals surface area contributed by atoms with Crippen LogP contribution in [0.3, 0.4) is 0 Å². The van der Waals surface area contributed by atoms with Gasteiger partial charge in [-0.3, -0.25) is 4.79 Å². The highest BCUT2D eigenvalue weighted by molar-refractivity contribution is 6.18. The van der Waals surface area contributed by atoms with E-state index in [9.17, 15) is 4.79 Å². The van der Waals surface area contributed by atoms with E-state index in [0.29, 0.717) is 5.88 Å². The standard InChI is InChI=1S/C14H26ClNO/c1-4-13(2,3)12(17)16-11-14(10-15)8-6-5-7-9-14/h4-11H2,1-3H3,(H,16,17). The first-order valence-corrected chi connectivity index (χ1v) is 7.33. The fraction of sp³-hybridized carbons (Fsp3) is 0.929. The molecule has 0 radical (unpaired) electrons. The number of hydrogen-bond donors (Lipinski definition) is 1. The van der Waals surface area contributed by atoms with Gasteiger partial charge in [0.15, 0.2) is 0 Å². The SMILES string of the molecule is CCC(C)(C)C(=O)NCC1(CCl)CCCCC1. The summed E-state index contributed by atoms with van der Waals surface area (Å²) in [5, 5.41) is 3.11. The number of hydrogen-bond acceptors (Lipinski definition) is 1. The molecule has 0 saturated heterocycles. The van der Waals surface area contributed by atoms with Crippen LogP contribution in [0.4, 0.5) is 0 Å². The van der Waals surface area contributed by atoms with Gasteiger partial charge in [-0.05, 0) is 19.3 Å². The summed E-state index contributed by atoms with van der Waals surface area (Å²) in [6.07, 6.45) is 6.99. The maximum atomic E-state index is 12.0.